The van der Waals surface area contributed by atoms with Crippen molar-refractivity contribution < 1.29 is 9.59 Å². The van der Waals surface area contributed by atoms with Crippen LogP contribution in [0.3, 0.4) is 0 Å². The predicted octanol–water partition coefficient (Wildman–Crippen LogP) is 1.96. The van der Waals surface area contributed by atoms with Crippen molar-refractivity contribution in [3.05, 3.63) is 81.8 Å². The Bertz CT molecular complexity index is 1070. The van der Waals surface area contributed by atoms with Gasteiger partial charge in [-0.1, -0.05) is 49.4 Å². The van der Waals surface area contributed by atoms with Crippen molar-refractivity contribution in [2.24, 2.45) is 0 Å². The van der Waals surface area contributed by atoms with Crippen LogP contribution in [-0.2, 0) is 11.2 Å². The number of aromatic nitrogens is 2. The summed E-state index contributed by atoms with van der Waals surface area (Å²) < 4.78 is 0. The lowest BCUT2D eigenvalue weighted by molar-refractivity contribution is -0.117. The second-order valence-corrected chi connectivity index (χ2v) is 5.82. The summed E-state index contributed by atoms with van der Waals surface area (Å²) in [4.78, 5) is 35.9. The minimum Gasteiger partial charge on any atom is -0.268 e. The number of aromatic amines is 1. The number of aryl methyl sites for hydroxylation is 1. The molecule has 2 aromatic carbocycles. The van der Waals surface area contributed by atoms with Gasteiger partial charge >= 0.3 is 0 Å². The molecule has 3 aromatic rings. The quantitative estimate of drug-likeness (QED) is 0.487. The van der Waals surface area contributed by atoms with E-state index in [1.807, 2.05) is 24.3 Å². The first kappa shape index (κ1) is 18.1. The molecule has 0 fully saturated rings. The number of fused-ring (bicyclic) bond motifs is 1. The molecule has 0 unspecified atom stereocenters. The van der Waals surface area contributed by atoms with Crippen molar-refractivity contribution in [3.8, 4) is 0 Å². The Morgan fingerprint density at radius 3 is 2.44 bits per heavy atom. The summed E-state index contributed by atoms with van der Waals surface area (Å²) in [5, 5.41) is 6.80. The first-order valence-corrected chi connectivity index (χ1v) is 8.43. The van der Waals surface area contributed by atoms with Crippen LogP contribution >= 0.6 is 0 Å². The molecular weight excluding hydrogens is 344 g/mol. The molecule has 0 bridgehead atoms. The smallest absolute Gasteiger partial charge is 0.268 e. The lowest BCUT2D eigenvalue weighted by Crippen LogP contribution is -2.41. The van der Waals surface area contributed by atoms with Crippen molar-refractivity contribution in [2.75, 3.05) is 0 Å². The largest absolute Gasteiger partial charge is 0.290 e. The van der Waals surface area contributed by atoms with Crippen molar-refractivity contribution in [1.82, 2.24) is 21.0 Å². The van der Waals surface area contributed by atoms with Crippen molar-refractivity contribution in [1.29, 1.82) is 0 Å². The highest BCUT2D eigenvalue weighted by Gasteiger charge is 2.14. The summed E-state index contributed by atoms with van der Waals surface area (Å²) in [6.07, 6.45) is 3.91. The summed E-state index contributed by atoms with van der Waals surface area (Å²) in [5.74, 6) is -1.12. The number of hydrogen-bond donors (Lipinski definition) is 3. The normalized spacial score (nSPS) is 10.9. The Kier molecular flexibility index (Phi) is 5.41. The van der Waals surface area contributed by atoms with Crippen LogP contribution in [0.4, 0.5) is 0 Å². The molecule has 0 atom stereocenters. The van der Waals surface area contributed by atoms with Crippen LogP contribution < -0.4 is 16.4 Å². The molecule has 0 saturated carbocycles. The molecule has 7 heteroatoms. The first-order chi connectivity index (χ1) is 13.1. The highest BCUT2D eigenvalue weighted by molar-refractivity contribution is 6.05. The number of H-pyrrole nitrogens is 1. The first-order valence-electron chi connectivity index (χ1n) is 8.43. The Morgan fingerprint density at radius 2 is 1.74 bits per heavy atom. The second kappa shape index (κ2) is 8.09. The van der Waals surface area contributed by atoms with Crippen molar-refractivity contribution in [3.63, 3.8) is 0 Å². The van der Waals surface area contributed by atoms with Crippen LogP contribution in [0.1, 0.15) is 28.5 Å². The number of hydrazine groups is 1. The van der Waals surface area contributed by atoms with E-state index in [1.54, 1.807) is 30.3 Å². The molecule has 7 nitrogen and oxygen atoms in total. The molecular formula is C20H18N4O3. The van der Waals surface area contributed by atoms with Crippen LogP contribution in [0.5, 0.6) is 0 Å². The van der Waals surface area contributed by atoms with Gasteiger partial charge in [-0.25, -0.2) is 5.10 Å². The van der Waals surface area contributed by atoms with Gasteiger partial charge in [-0.15, -0.1) is 0 Å². The van der Waals surface area contributed by atoms with Crippen molar-refractivity contribution in [2.45, 2.75) is 13.3 Å². The SMILES string of the molecule is CCc1ccc(/C=C/C(=O)NNC(=O)c2n[nH]c(=O)c3ccccc23)cc1. The molecule has 0 spiro atoms. The zero-order valence-corrected chi connectivity index (χ0v) is 14.7. The summed E-state index contributed by atoms with van der Waals surface area (Å²) in [7, 11) is 0. The van der Waals surface area contributed by atoms with E-state index >= 15 is 0 Å². The maximum Gasteiger partial charge on any atom is 0.290 e. The van der Waals surface area contributed by atoms with Gasteiger partial charge in [0.05, 0.1) is 5.39 Å². The monoisotopic (exact) mass is 362 g/mol. The fourth-order valence-electron chi connectivity index (χ4n) is 2.54. The predicted molar refractivity (Wildman–Crippen MR) is 103 cm³/mol. The van der Waals surface area contributed by atoms with Gasteiger partial charge in [-0.05, 0) is 29.7 Å². The zero-order valence-electron chi connectivity index (χ0n) is 14.7. The molecule has 136 valence electrons. The molecule has 0 saturated heterocycles. The third kappa shape index (κ3) is 4.27. The molecule has 1 heterocycles. The third-order valence-electron chi connectivity index (χ3n) is 4.03. The fourth-order valence-corrected chi connectivity index (χ4v) is 2.54. The Balaban J connectivity index is 1.65. The average Bonchev–Trinajstić information content (AvgIpc) is 2.71. The van der Waals surface area contributed by atoms with E-state index < -0.39 is 11.8 Å². The van der Waals surface area contributed by atoms with Gasteiger partial charge in [0, 0.05) is 11.5 Å². The molecule has 0 aliphatic rings. The van der Waals surface area contributed by atoms with Gasteiger partial charge in [-0.2, -0.15) is 5.10 Å². The number of rotatable bonds is 4. The molecule has 0 radical (unpaired) electrons. The van der Waals surface area contributed by atoms with Gasteiger partial charge in [-0.3, -0.25) is 25.2 Å². The Hall–Kier alpha value is -3.74. The van der Waals surface area contributed by atoms with Crippen LogP contribution in [0.25, 0.3) is 16.8 Å². The lowest BCUT2D eigenvalue weighted by Gasteiger charge is -2.06. The number of amides is 2. The Morgan fingerprint density at radius 1 is 1.04 bits per heavy atom. The van der Waals surface area contributed by atoms with E-state index in [2.05, 4.69) is 28.0 Å². The number of nitrogens with zero attached hydrogens (tertiary/aromatic N) is 1. The molecule has 0 aliphatic carbocycles. The highest BCUT2D eigenvalue weighted by atomic mass is 16.2. The van der Waals surface area contributed by atoms with E-state index in [0.717, 1.165) is 12.0 Å². The zero-order chi connectivity index (χ0) is 19.2. The summed E-state index contributed by atoms with van der Waals surface area (Å²) >= 11 is 0. The maximum absolute atomic E-state index is 12.3. The van der Waals surface area contributed by atoms with Gasteiger partial charge in [0.2, 0.25) is 0 Å². The Labute approximate surface area is 155 Å². The van der Waals surface area contributed by atoms with E-state index in [9.17, 15) is 14.4 Å². The number of carbonyl (C=O) groups excluding carboxylic acids is 2. The van der Waals surface area contributed by atoms with E-state index in [-0.39, 0.29) is 11.3 Å². The van der Waals surface area contributed by atoms with Gasteiger partial charge in [0.1, 0.15) is 0 Å². The maximum atomic E-state index is 12.3. The number of hydrogen-bond acceptors (Lipinski definition) is 4. The molecule has 1 aromatic heterocycles. The minimum absolute atomic E-state index is 0.0182. The average molecular weight is 362 g/mol. The third-order valence-corrected chi connectivity index (χ3v) is 4.03. The molecule has 27 heavy (non-hydrogen) atoms. The van der Waals surface area contributed by atoms with Crippen LogP contribution in [0.2, 0.25) is 0 Å². The number of benzene rings is 2. The molecule has 2 amide bonds. The standard InChI is InChI=1S/C20H18N4O3/c1-2-13-7-9-14(10-8-13)11-12-17(25)21-24-20(27)18-15-5-3-4-6-16(15)19(26)23-22-18/h3-12H,2H2,1H3,(H,21,25)(H,23,26)(H,24,27)/b12-11+. The summed E-state index contributed by atoms with van der Waals surface area (Å²) in [5.41, 5.74) is 6.31. The number of nitrogens with one attached hydrogen (secondary N) is 3. The molecule has 3 N–H and O–H groups in total. The van der Waals surface area contributed by atoms with Gasteiger partial charge in [0.25, 0.3) is 17.4 Å². The van der Waals surface area contributed by atoms with Gasteiger partial charge < -0.3 is 0 Å². The van der Waals surface area contributed by atoms with Gasteiger partial charge in [0.15, 0.2) is 5.69 Å². The van der Waals surface area contributed by atoms with E-state index in [4.69, 9.17) is 0 Å². The summed E-state index contributed by atoms with van der Waals surface area (Å²) in [6, 6.07) is 14.4. The molecule has 0 aliphatic heterocycles. The second-order valence-electron chi connectivity index (χ2n) is 5.82. The van der Waals surface area contributed by atoms with Crippen LogP contribution in [0, 0.1) is 0 Å². The summed E-state index contributed by atoms with van der Waals surface area (Å²) in [6.45, 7) is 2.07. The minimum atomic E-state index is -0.628. The van der Waals surface area contributed by atoms with Crippen LogP contribution in [0.15, 0.2) is 59.4 Å². The van der Waals surface area contributed by atoms with E-state index in [1.165, 1.54) is 11.6 Å². The van der Waals surface area contributed by atoms with E-state index in [0.29, 0.717) is 10.8 Å². The van der Waals surface area contributed by atoms with Crippen LogP contribution in [-0.4, -0.2) is 22.0 Å². The topological polar surface area (TPSA) is 104 Å². The number of carbonyl (C=O) groups is 2. The fraction of sp³-hybridized carbons (Fsp3) is 0.100. The van der Waals surface area contributed by atoms with Crippen molar-refractivity contribution >= 4 is 28.7 Å². The molecule has 3 rings (SSSR count). The lowest BCUT2D eigenvalue weighted by atomic mass is 10.1. The highest BCUT2D eigenvalue weighted by Crippen LogP contribution is 2.11.